The van der Waals surface area contributed by atoms with Gasteiger partial charge in [0.2, 0.25) is 5.91 Å². The zero-order valence-electron chi connectivity index (χ0n) is 12.1. The first kappa shape index (κ1) is 13.5. The number of hydrogen-bond acceptors (Lipinski definition) is 3. The van der Waals surface area contributed by atoms with Crippen molar-refractivity contribution in [1.82, 2.24) is 4.57 Å². The van der Waals surface area contributed by atoms with Gasteiger partial charge in [-0.1, -0.05) is 0 Å². The van der Waals surface area contributed by atoms with Crippen LogP contribution < -0.4 is 10.1 Å². The first-order valence-electron chi connectivity index (χ1n) is 7.10. The van der Waals surface area contributed by atoms with Gasteiger partial charge in [-0.15, -0.1) is 0 Å². The lowest BCUT2D eigenvalue weighted by Gasteiger charge is -2.09. The molecule has 0 bridgehead atoms. The molecular formula is C16H17N3O2. The van der Waals surface area contributed by atoms with E-state index in [0.717, 1.165) is 29.5 Å². The molecule has 1 heterocycles. The maximum atomic E-state index is 12.1. The molecule has 2 aromatic rings. The lowest BCUT2D eigenvalue weighted by molar-refractivity contribution is -0.117. The van der Waals surface area contributed by atoms with E-state index in [2.05, 4.69) is 11.4 Å². The molecule has 1 saturated carbocycles. The largest absolute Gasteiger partial charge is 0.497 e. The summed E-state index contributed by atoms with van der Waals surface area (Å²) in [5.74, 6) is 1.45. The number of methoxy groups -OCH3 is 1. The molecule has 1 aromatic heterocycles. The van der Waals surface area contributed by atoms with Crippen LogP contribution in [0.2, 0.25) is 0 Å². The lowest BCUT2D eigenvalue weighted by atomic mass is 10.1. The van der Waals surface area contributed by atoms with E-state index in [9.17, 15) is 10.1 Å². The number of nitrogens with one attached hydrogen (secondary N) is 1. The minimum absolute atomic E-state index is 0.0102. The summed E-state index contributed by atoms with van der Waals surface area (Å²) in [6.07, 6.45) is 1.88. The number of nitrogens with zero attached hydrogens (tertiary/aromatic N) is 2. The highest BCUT2D eigenvalue weighted by Gasteiger charge is 2.31. The second kappa shape index (κ2) is 5.13. The van der Waals surface area contributed by atoms with Gasteiger partial charge >= 0.3 is 0 Å². The van der Waals surface area contributed by atoms with E-state index in [4.69, 9.17) is 4.74 Å². The van der Waals surface area contributed by atoms with Crippen molar-refractivity contribution >= 4 is 22.6 Å². The maximum absolute atomic E-state index is 12.1. The Morgan fingerprint density at radius 3 is 2.86 bits per heavy atom. The normalized spacial score (nSPS) is 14.0. The monoisotopic (exact) mass is 283 g/mol. The zero-order valence-corrected chi connectivity index (χ0v) is 12.1. The number of benzene rings is 1. The van der Waals surface area contributed by atoms with Crippen LogP contribution in [-0.2, 0) is 11.3 Å². The molecule has 3 rings (SSSR count). The minimum Gasteiger partial charge on any atom is -0.497 e. The average Bonchev–Trinajstić information content (AvgIpc) is 3.30. The van der Waals surface area contributed by atoms with Crippen molar-refractivity contribution in [2.45, 2.75) is 26.3 Å². The maximum Gasteiger partial charge on any atom is 0.228 e. The Hall–Kier alpha value is -2.48. The molecule has 0 saturated heterocycles. The minimum atomic E-state index is 0.0102. The van der Waals surface area contributed by atoms with Crippen molar-refractivity contribution in [2.24, 2.45) is 5.92 Å². The molecule has 1 aliphatic carbocycles. The quantitative estimate of drug-likeness (QED) is 0.938. The second-order valence-electron chi connectivity index (χ2n) is 5.23. The number of carbonyl (C=O) groups is 1. The molecule has 0 atom stereocenters. The molecule has 1 amide bonds. The van der Waals surface area contributed by atoms with Crippen molar-refractivity contribution < 1.29 is 9.53 Å². The van der Waals surface area contributed by atoms with E-state index >= 15 is 0 Å². The molecule has 108 valence electrons. The predicted molar refractivity (Wildman–Crippen MR) is 80.2 cm³/mol. The summed E-state index contributed by atoms with van der Waals surface area (Å²) in [7, 11) is 1.61. The number of anilines is 1. The Balaban J connectivity index is 2.16. The van der Waals surface area contributed by atoms with E-state index < -0.39 is 0 Å². The summed E-state index contributed by atoms with van der Waals surface area (Å²) in [4.78, 5) is 12.1. The summed E-state index contributed by atoms with van der Waals surface area (Å²) in [6.45, 7) is 2.67. The van der Waals surface area contributed by atoms with Gasteiger partial charge in [0.25, 0.3) is 0 Å². The number of nitriles is 1. The molecule has 1 N–H and O–H groups in total. The second-order valence-corrected chi connectivity index (χ2v) is 5.23. The Kier molecular flexibility index (Phi) is 3.30. The first-order valence-corrected chi connectivity index (χ1v) is 7.10. The lowest BCUT2D eigenvalue weighted by Crippen LogP contribution is -2.17. The highest BCUT2D eigenvalue weighted by molar-refractivity contribution is 6.01. The summed E-state index contributed by atoms with van der Waals surface area (Å²) >= 11 is 0. The number of hydrogen-bond donors (Lipinski definition) is 1. The molecule has 1 fully saturated rings. The van der Waals surface area contributed by atoms with Crippen LogP contribution in [0.15, 0.2) is 18.2 Å². The van der Waals surface area contributed by atoms with Crippen LogP contribution in [0.1, 0.15) is 25.3 Å². The fourth-order valence-corrected chi connectivity index (χ4v) is 2.59. The summed E-state index contributed by atoms with van der Waals surface area (Å²) < 4.78 is 7.21. The van der Waals surface area contributed by atoms with E-state index in [1.807, 2.05) is 29.7 Å². The van der Waals surface area contributed by atoms with Gasteiger partial charge in [-0.3, -0.25) is 4.79 Å². The van der Waals surface area contributed by atoms with E-state index in [0.29, 0.717) is 17.9 Å². The van der Waals surface area contributed by atoms with Crippen molar-refractivity contribution in [3.63, 3.8) is 0 Å². The highest BCUT2D eigenvalue weighted by Crippen LogP contribution is 2.35. The van der Waals surface area contributed by atoms with Gasteiger partial charge in [0.05, 0.1) is 12.6 Å². The topological polar surface area (TPSA) is 67.0 Å². The van der Waals surface area contributed by atoms with Crippen molar-refractivity contribution in [2.75, 3.05) is 12.4 Å². The van der Waals surface area contributed by atoms with Gasteiger partial charge in [-0.25, -0.2) is 0 Å². The number of rotatable bonds is 4. The fraction of sp³-hybridized carbons (Fsp3) is 0.375. The fourth-order valence-electron chi connectivity index (χ4n) is 2.59. The van der Waals surface area contributed by atoms with E-state index in [1.54, 1.807) is 7.11 Å². The van der Waals surface area contributed by atoms with Crippen molar-refractivity contribution in [1.29, 1.82) is 5.26 Å². The summed E-state index contributed by atoms with van der Waals surface area (Å²) in [5.41, 5.74) is 1.42. The number of fused-ring (bicyclic) bond motifs is 1. The number of carbonyl (C=O) groups excluding carboxylic acids is 1. The highest BCUT2D eigenvalue weighted by atomic mass is 16.5. The molecule has 5 nitrogen and oxygen atoms in total. The molecule has 0 unspecified atom stereocenters. The van der Waals surface area contributed by atoms with Crippen molar-refractivity contribution in [3.8, 4) is 11.8 Å². The number of ether oxygens (including phenoxy) is 1. The van der Waals surface area contributed by atoms with Crippen LogP contribution in [0.5, 0.6) is 5.75 Å². The average molecular weight is 283 g/mol. The third-order valence-electron chi connectivity index (χ3n) is 3.89. The molecule has 0 spiro atoms. The van der Waals surface area contributed by atoms with E-state index in [-0.39, 0.29) is 11.8 Å². The molecule has 21 heavy (non-hydrogen) atoms. The van der Waals surface area contributed by atoms with Gasteiger partial charge in [0, 0.05) is 23.9 Å². The number of aromatic nitrogens is 1. The Morgan fingerprint density at radius 1 is 1.52 bits per heavy atom. The van der Waals surface area contributed by atoms with Crippen LogP contribution in [0.4, 0.5) is 5.82 Å². The van der Waals surface area contributed by atoms with E-state index in [1.165, 1.54) is 0 Å². The summed E-state index contributed by atoms with van der Waals surface area (Å²) in [5, 5.41) is 13.2. The first-order chi connectivity index (χ1) is 10.2. The molecule has 1 aliphatic rings. The molecule has 1 aromatic carbocycles. The van der Waals surface area contributed by atoms with Crippen molar-refractivity contribution in [3.05, 3.63) is 23.8 Å². The third kappa shape index (κ3) is 2.23. The third-order valence-corrected chi connectivity index (χ3v) is 3.89. The van der Waals surface area contributed by atoms with Crippen LogP contribution in [-0.4, -0.2) is 17.6 Å². The molecule has 0 aliphatic heterocycles. The Morgan fingerprint density at radius 2 is 2.29 bits per heavy atom. The Bertz CT molecular complexity index is 751. The van der Waals surface area contributed by atoms with Crippen LogP contribution in [0.25, 0.3) is 10.9 Å². The number of amides is 1. The van der Waals surface area contributed by atoms with Gasteiger partial charge in [0.1, 0.15) is 23.2 Å². The summed E-state index contributed by atoms with van der Waals surface area (Å²) in [6, 6.07) is 7.81. The van der Waals surface area contributed by atoms with Gasteiger partial charge < -0.3 is 14.6 Å². The molecule has 0 radical (unpaired) electrons. The molecule has 5 heteroatoms. The standard InChI is InChI=1S/C16H17N3O2/c1-3-19-14-8-11(21-2)6-7-12(14)13(9-17)15(19)18-16(20)10-4-5-10/h6-8,10H,3-5H2,1-2H3,(H,18,20). The van der Waals surface area contributed by atoms with Gasteiger partial charge in [-0.2, -0.15) is 5.26 Å². The zero-order chi connectivity index (χ0) is 15.0. The number of aryl methyl sites for hydroxylation is 1. The predicted octanol–water partition coefficient (Wildman–Crippen LogP) is 2.89. The smallest absolute Gasteiger partial charge is 0.228 e. The van der Waals surface area contributed by atoms with Crippen LogP contribution in [0.3, 0.4) is 0 Å². The SMILES string of the molecule is CCn1c(NC(=O)C2CC2)c(C#N)c2ccc(OC)cc21. The van der Waals surface area contributed by atoms with Crippen LogP contribution in [0, 0.1) is 17.2 Å². The van der Waals surface area contributed by atoms with Crippen LogP contribution >= 0.6 is 0 Å². The van der Waals surface area contributed by atoms with Gasteiger partial charge in [0.15, 0.2) is 0 Å². The molecular weight excluding hydrogens is 266 g/mol. The Labute approximate surface area is 123 Å². The van der Waals surface area contributed by atoms with Gasteiger partial charge in [-0.05, 0) is 31.9 Å².